The molecule has 1 N–H and O–H groups in total. The summed E-state index contributed by atoms with van der Waals surface area (Å²) in [7, 11) is 0. The summed E-state index contributed by atoms with van der Waals surface area (Å²) < 4.78 is 12.3. The van der Waals surface area contributed by atoms with Crippen LogP contribution in [-0.4, -0.2) is 19.3 Å². The molecule has 0 aliphatic rings. The van der Waals surface area contributed by atoms with Gasteiger partial charge in [-0.1, -0.05) is 13.8 Å². The predicted molar refractivity (Wildman–Crippen MR) is 86.2 cm³/mol. The van der Waals surface area contributed by atoms with Crippen LogP contribution in [0, 0.1) is 12.3 Å². The molecule has 0 bridgehead atoms. The van der Waals surface area contributed by atoms with E-state index in [2.05, 4.69) is 41.0 Å². The number of terminal acetylenes is 1. The second-order valence-corrected chi connectivity index (χ2v) is 5.53. The zero-order valence-electron chi connectivity index (χ0n) is 12.3. The summed E-state index contributed by atoms with van der Waals surface area (Å²) in [6.45, 7) is 8.07. The molecule has 1 aromatic rings. The Morgan fingerprint density at radius 1 is 1.35 bits per heavy atom. The number of benzene rings is 1. The highest BCUT2D eigenvalue weighted by molar-refractivity contribution is 9.10. The summed E-state index contributed by atoms with van der Waals surface area (Å²) in [6, 6.07) is 4.49. The van der Waals surface area contributed by atoms with Crippen LogP contribution in [0.5, 0.6) is 11.5 Å². The summed E-state index contributed by atoms with van der Waals surface area (Å²) in [4.78, 5) is 0. The molecular formula is C16H22BrNO2. The smallest absolute Gasteiger partial charge is 0.175 e. The number of halogens is 1. The zero-order chi connectivity index (χ0) is 15.0. The third-order valence-electron chi connectivity index (χ3n) is 2.58. The number of hydrogen-bond acceptors (Lipinski definition) is 3. The molecule has 20 heavy (non-hydrogen) atoms. The van der Waals surface area contributed by atoms with Crippen molar-refractivity contribution < 1.29 is 9.47 Å². The molecule has 0 saturated carbocycles. The van der Waals surface area contributed by atoms with E-state index in [1.54, 1.807) is 0 Å². The third-order valence-corrected chi connectivity index (χ3v) is 3.17. The molecule has 1 aromatic carbocycles. The van der Waals surface area contributed by atoms with E-state index in [-0.39, 0.29) is 0 Å². The Kier molecular flexibility index (Phi) is 7.50. The first-order valence-electron chi connectivity index (χ1n) is 6.83. The van der Waals surface area contributed by atoms with E-state index >= 15 is 0 Å². The van der Waals surface area contributed by atoms with Gasteiger partial charge < -0.3 is 14.8 Å². The van der Waals surface area contributed by atoms with E-state index in [1.165, 1.54) is 0 Å². The van der Waals surface area contributed by atoms with Crippen molar-refractivity contribution in [1.82, 2.24) is 5.32 Å². The zero-order valence-corrected chi connectivity index (χ0v) is 13.9. The van der Waals surface area contributed by atoms with Crippen LogP contribution in [0.3, 0.4) is 0 Å². The Morgan fingerprint density at radius 2 is 2.10 bits per heavy atom. The number of ether oxygens (including phenoxy) is 2. The molecule has 0 saturated heterocycles. The first-order valence-corrected chi connectivity index (χ1v) is 7.62. The van der Waals surface area contributed by atoms with Gasteiger partial charge in [-0.15, -0.1) is 12.3 Å². The molecule has 4 heteroatoms. The fraction of sp³-hybridized carbons (Fsp3) is 0.500. The minimum absolute atomic E-state index is 0.441. The highest BCUT2D eigenvalue weighted by atomic mass is 79.9. The minimum atomic E-state index is 0.441. The molecule has 0 radical (unpaired) electrons. The fourth-order valence-corrected chi connectivity index (χ4v) is 2.26. The largest absolute Gasteiger partial charge is 0.490 e. The lowest BCUT2D eigenvalue weighted by molar-refractivity contribution is 0.280. The molecule has 0 spiro atoms. The Balaban J connectivity index is 2.90. The van der Waals surface area contributed by atoms with Gasteiger partial charge in [0.1, 0.15) is 0 Å². The first kappa shape index (κ1) is 16.9. The van der Waals surface area contributed by atoms with Gasteiger partial charge in [0.15, 0.2) is 11.5 Å². The van der Waals surface area contributed by atoms with Crippen LogP contribution >= 0.6 is 15.9 Å². The summed E-state index contributed by atoms with van der Waals surface area (Å²) in [5.41, 5.74) is 1.15. The monoisotopic (exact) mass is 339 g/mol. The lowest BCUT2D eigenvalue weighted by Crippen LogP contribution is -2.21. The predicted octanol–water partition coefficient (Wildman–Crippen LogP) is 3.75. The Morgan fingerprint density at radius 3 is 2.70 bits per heavy atom. The lowest BCUT2D eigenvalue weighted by Gasteiger charge is -2.16. The fourth-order valence-electron chi connectivity index (χ4n) is 1.66. The maximum atomic E-state index is 5.71. The molecule has 0 unspecified atom stereocenters. The molecule has 110 valence electrons. The van der Waals surface area contributed by atoms with E-state index in [4.69, 9.17) is 15.9 Å². The normalized spacial score (nSPS) is 10.4. The van der Waals surface area contributed by atoms with Gasteiger partial charge in [0.2, 0.25) is 0 Å². The van der Waals surface area contributed by atoms with Gasteiger partial charge in [-0.25, -0.2) is 0 Å². The van der Waals surface area contributed by atoms with Gasteiger partial charge in [-0.05, 0) is 40.5 Å². The number of rotatable bonds is 8. The van der Waals surface area contributed by atoms with Gasteiger partial charge in [0.05, 0.1) is 17.7 Å². The second kappa shape index (κ2) is 8.89. The van der Waals surface area contributed by atoms with Gasteiger partial charge >= 0.3 is 0 Å². The number of nitrogens with one attached hydrogen (secondary N) is 1. The van der Waals surface area contributed by atoms with Crippen LogP contribution in [0.1, 0.15) is 32.8 Å². The van der Waals surface area contributed by atoms with E-state index in [9.17, 15) is 0 Å². The van der Waals surface area contributed by atoms with Crippen molar-refractivity contribution in [3.63, 3.8) is 0 Å². The Bertz CT molecular complexity index is 466. The SMILES string of the molecule is C#CCCOc1c(Br)cc(CNC(C)C)cc1OCC. The van der Waals surface area contributed by atoms with Crippen LogP contribution in [0.2, 0.25) is 0 Å². The van der Waals surface area contributed by atoms with Crippen LogP contribution < -0.4 is 14.8 Å². The average molecular weight is 340 g/mol. The summed E-state index contributed by atoms with van der Waals surface area (Å²) in [5, 5.41) is 3.39. The highest BCUT2D eigenvalue weighted by Crippen LogP contribution is 2.37. The molecule has 0 amide bonds. The number of hydrogen-bond donors (Lipinski definition) is 1. The first-order chi connectivity index (χ1) is 9.58. The summed E-state index contributed by atoms with van der Waals surface area (Å²) in [6.07, 6.45) is 5.82. The van der Waals surface area contributed by atoms with E-state index in [0.29, 0.717) is 25.7 Å². The van der Waals surface area contributed by atoms with Crippen molar-refractivity contribution in [1.29, 1.82) is 0 Å². The third kappa shape index (κ3) is 5.44. The van der Waals surface area contributed by atoms with Crippen LogP contribution in [0.25, 0.3) is 0 Å². The van der Waals surface area contributed by atoms with Gasteiger partial charge in [0.25, 0.3) is 0 Å². The molecular weight excluding hydrogens is 318 g/mol. The van der Waals surface area contributed by atoms with Gasteiger partial charge in [-0.2, -0.15) is 0 Å². The van der Waals surface area contributed by atoms with Crippen LogP contribution in [0.15, 0.2) is 16.6 Å². The topological polar surface area (TPSA) is 30.5 Å². The minimum Gasteiger partial charge on any atom is -0.490 e. The van der Waals surface area contributed by atoms with Crippen molar-refractivity contribution in [2.45, 2.75) is 39.8 Å². The maximum absolute atomic E-state index is 5.71. The molecule has 0 aliphatic heterocycles. The van der Waals surface area contributed by atoms with Crippen molar-refractivity contribution in [2.24, 2.45) is 0 Å². The Hall–Kier alpha value is -1.18. The van der Waals surface area contributed by atoms with Crippen molar-refractivity contribution in [3.8, 4) is 23.8 Å². The molecule has 0 aromatic heterocycles. The molecule has 0 heterocycles. The molecule has 3 nitrogen and oxygen atoms in total. The average Bonchev–Trinajstić information content (AvgIpc) is 2.39. The van der Waals surface area contributed by atoms with E-state index in [1.807, 2.05) is 19.1 Å². The summed E-state index contributed by atoms with van der Waals surface area (Å²) in [5.74, 6) is 4.03. The van der Waals surface area contributed by atoms with Crippen molar-refractivity contribution in [3.05, 3.63) is 22.2 Å². The van der Waals surface area contributed by atoms with E-state index < -0.39 is 0 Å². The maximum Gasteiger partial charge on any atom is 0.175 e. The molecule has 0 fully saturated rings. The lowest BCUT2D eigenvalue weighted by atomic mass is 10.2. The van der Waals surface area contributed by atoms with Crippen molar-refractivity contribution >= 4 is 15.9 Å². The van der Waals surface area contributed by atoms with Crippen LogP contribution in [-0.2, 0) is 6.54 Å². The Labute approximate surface area is 130 Å². The van der Waals surface area contributed by atoms with E-state index in [0.717, 1.165) is 28.1 Å². The second-order valence-electron chi connectivity index (χ2n) is 4.68. The van der Waals surface area contributed by atoms with Crippen LogP contribution in [0.4, 0.5) is 0 Å². The highest BCUT2D eigenvalue weighted by Gasteiger charge is 2.12. The quantitative estimate of drug-likeness (QED) is 0.578. The molecule has 0 atom stereocenters. The summed E-state index contributed by atoms with van der Waals surface area (Å²) >= 11 is 3.54. The molecule has 0 aliphatic carbocycles. The molecule has 1 rings (SSSR count). The van der Waals surface area contributed by atoms with Crippen molar-refractivity contribution in [2.75, 3.05) is 13.2 Å². The van der Waals surface area contributed by atoms with Gasteiger partial charge in [0, 0.05) is 19.0 Å². The standard InChI is InChI=1S/C16H22BrNO2/c1-5-7-8-20-16-14(17)9-13(11-18-12(3)4)10-15(16)19-6-2/h1,9-10,12,18H,6-8,11H2,2-4H3. The van der Waals surface area contributed by atoms with Gasteiger partial charge in [-0.3, -0.25) is 0 Å².